The topological polar surface area (TPSA) is 64.7 Å². The Morgan fingerprint density at radius 3 is 1.89 bits per heavy atom. The number of methoxy groups -OCH3 is 2. The third kappa shape index (κ3) is 2.94. The lowest BCUT2D eigenvalue weighted by molar-refractivity contribution is 0.0388. The van der Waals surface area contributed by atoms with Gasteiger partial charge in [0.2, 0.25) is 0 Å². The van der Waals surface area contributed by atoms with Crippen molar-refractivity contribution in [2.75, 3.05) is 14.2 Å². The zero-order chi connectivity index (χ0) is 13.9. The zero-order valence-electron chi connectivity index (χ0n) is 11.7. The van der Waals surface area contributed by atoms with E-state index in [9.17, 15) is 5.11 Å². The van der Waals surface area contributed by atoms with Gasteiger partial charge in [0.15, 0.2) is 0 Å². The van der Waals surface area contributed by atoms with Crippen molar-refractivity contribution >= 4 is 0 Å². The van der Waals surface area contributed by atoms with Crippen molar-refractivity contribution < 1.29 is 14.6 Å². The normalized spacial score (nSPS) is 15.1. The molecule has 2 atom stereocenters. The summed E-state index contributed by atoms with van der Waals surface area (Å²) < 4.78 is 10.6. The van der Waals surface area contributed by atoms with Crippen molar-refractivity contribution in [2.45, 2.75) is 32.9 Å². The fourth-order valence-corrected chi connectivity index (χ4v) is 1.90. The van der Waals surface area contributed by atoms with Gasteiger partial charge in [0.1, 0.15) is 11.5 Å². The summed E-state index contributed by atoms with van der Waals surface area (Å²) >= 11 is 0. The van der Waals surface area contributed by atoms with Gasteiger partial charge in [0.25, 0.3) is 0 Å². The molecule has 0 aliphatic carbocycles. The molecule has 0 radical (unpaired) electrons. The summed E-state index contributed by atoms with van der Waals surface area (Å²) in [5.41, 5.74) is 6.55. The molecule has 18 heavy (non-hydrogen) atoms. The number of rotatable bonds is 4. The Hall–Kier alpha value is -1.26. The van der Waals surface area contributed by atoms with Gasteiger partial charge < -0.3 is 20.3 Å². The Morgan fingerprint density at radius 2 is 1.56 bits per heavy atom. The lowest BCUT2D eigenvalue weighted by Crippen LogP contribution is -2.37. The second-order valence-electron chi connectivity index (χ2n) is 5.41. The van der Waals surface area contributed by atoms with E-state index in [1.807, 2.05) is 39.0 Å². The Bertz CT molecular complexity index is 376. The van der Waals surface area contributed by atoms with Gasteiger partial charge in [0.05, 0.1) is 31.9 Å². The minimum absolute atomic E-state index is 0.314. The van der Waals surface area contributed by atoms with Crippen molar-refractivity contribution in [3.63, 3.8) is 0 Å². The number of benzene rings is 1. The van der Waals surface area contributed by atoms with Crippen LogP contribution in [0.3, 0.4) is 0 Å². The molecule has 0 fully saturated rings. The van der Waals surface area contributed by atoms with Crippen LogP contribution < -0.4 is 15.2 Å². The van der Waals surface area contributed by atoms with Crippen LogP contribution in [0.15, 0.2) is 18.2 Å². The van der Waals surface area contributed by atoms with Crippen LogP contribution in [0.25, 0.3) is 0 Å². The molecule has 0 aliphatic heterocycles. The molecule has 0 aliphatic rings. The largest absolute Gasteiger partial charge is 0.496 e. The molecule has 0 saturated heterocycles. The molecule has 0 amide bonds. The Morgan fingerprint density at radius 1 is 1.11 bits per heavy atom. The second-order valence-corrected chi connectivity index (χ2v) is 5.41. The summed E-state index contributed by atoms with van der Waals surface area (Å²) in [6.07, 6.45) is -0.692. The number of aliphatic hydroxyl groups excluding tert-OH is 1. The first-order valence-electron chi connectivity index (χ1n) is 5.97. The fraction of sp³-hybridized carbons (Fsp3) is 0.571. The van der Waals surface area contributed by atoms with E-state index in [0.717, 1.165) is 0 Å². The van der Waals surface area contributed by atoms with Crippen molar-refractivity contribution in [1.82, 2.24) is 0 Å². The van der Waals surface area contributed by atoms with Crippen molar-refractivity contribution in [1.29, 1.82) is 0 Å². The monoisotopic (exact) mass is 253 g/mol. The summed E-state index contributed by atoms with van der Waals surface area (Å²) in [6.45, 7) is 5.83. The molecule has 0 heterocycles. The molecule has 4 nitrogen and oxygen atoms in total. The first-order valence-corrected chi connectivity index (χ1v) is 5.97. The molecule has 3 N–H and O–H groups in total. The SMILES string of the molecule is COc1cccc(OC)c1[C@@H](N)[C@@H](O)C(C)(C)C. The van der Waals surface area contributed by atoms with Crippen LogP contribution in [0.4, 0.5) is 0 Å². The maximum absolute atomic E-state index is 10.3. The van der Waals surface area contributed by atoms with E-state index in [-0.39, 0.29) is 5.41 Å². The van der Waals surface area contributed by atoms with E-state index in [2.05, 4.69) is 0 Å². The van der Waals surface area contributed by atoms with E-state index >= 15 is 0 Å². The number of aliphatic hydroxyl groups is 1. The van der Waals surface area contributed by atoms with Crippen molar-refractivity contribution in [3.05, 3.63) is 23.8 Å². The maximum atomic E-state index is 10.3. The maximum Gasteiger partial charge on any atom is 0.127 e. The third-order valence-electron chi connectivity index (χ3n) is 3.03. The Kier molecular flexibility index (Phi) is 4.59. The lowest BCUT2D eigenvalue weighted by Gasteiger charge is -2.32. The molecule has 0 spiro atoms. The first kappa shape index (κ1) is 14.8. The first-order chi connectivity index (χ1) is 8.32. The van der Waals surface area contributed by atoms with Crippen molar-refractivity contribution in [3.8, 4) is 11.5 Å². The minimum atomic E-state index is -0.692. The molecule has 1 rings (SSSR count). The van der Waals surface area contributed by atoms with Gasteiger partial charge in [0, 0.05) is 0 Å². The summed E-state index contributed by atoms with van der Waals surface area (Å²) in [5, 5.41) is 10.3. The highest BCUT2D eigenvalue weighted by Crippen LogP contribution is 2.38. The lowest BCUT2D eigenvalue weighted by atomic mass is 9.82. The number of hydrogen-bond acceptors (Lipinski definition) is 4. The predicted octanol–water partition coefficient (Wildman–Crippen LogP) is 2.11. The van der Waals surface area contributed by atoms with Crippen molar-refractivity contribution in [2.24, 2.45) is 11.1 Å². The quantitative estimate of drug-likeness (QED) is 0.862. The highest BCUT2D eigenvalue weighted by Gasteiger charge is 2.32. The molecule has 0 bridgehead atoms. The Labute approximate surface area is 109 Å². The van der Waals surface area contributed by atoms with E-state index in [1.54, 1.807) is 14.2 Å². The van der Waals surface area contributed by atoms with Gasteiger partial charge in [-0.25, -0.2) is 0 Å². The van der Waals surface area contributed by atoms with Gasteiger partial charge in [-0.3, -0.25) is 0 Å². The summed E-state index contributed by atoms with van der Waals surface area (Å²) in [5.74, 6) is 1.26. The number of nitrogens with two attached hydrogens (primary N) is 1. The number of hydrogen-bond donors (Lipinski definition) is 2. The van der Waals surface area contributed by atoms with Gasteiger partial charge in [-0.15, -0.1) is 0 Å². The average molecular weight is 253 g/mol. The van der Waals surface area contributed by atoms with Gasteiger partial charge in [-0.1, -0.05) is 26.8 Å². The fourth-order valence-electron chi connectivity index (χ4n) is 1.90. The van der Waals surface area contributed by atoms with Gasteiger partial charge in [-0.2, -0.15) is 0 Å². The number of ether oxygens (including phenoxy) is 2. The molecule has 0 unspecified atom stereocenters. The average Bonchev–Trinajstić information content (AvgIpc) is 2.34. The van der Waals surface area contributed by atoms with Crippen LogP contribution in [-0.4, -0.2) is 25.4 Å². The molecular weight excluding hydrogens is 230 g/mol. The zero-order valence-corrected chi connectivity index (χ0v) is 11.7. The molecule has 1 aromatic carbocycles. The van der Waals surface area contributed by atoms with E-state index in [1.165, 1.54) is 0 Å². The summed E-state index contributed by atoms with van der Waals surface area (Å²) in [4.78, 5) is 0. The second kappa shape index (κ2) is 5.59. The standard InChI is InChI=1S/C14H23NO3/c1-14(2,3)13(16)12(15)11-9(17-4)7-6-8-10(11)18-5/h6-8,12-13,16H,15H2,1-5H3/t12-,13-/m1/s1. The molecule has 102 valence electrons. The Balaban J connectivity index is 3.22. The van der Waals surface area contributed by atoms with Crippen LogP contribution in [0.5, 0.6) is 11.5 Å². The van der Waals surface area contributed by atoms with E-state index in [0.29, 0.717) is 17.1 Å². The van der Waals surface area contributed by atoms with Crippen LogP contribution in [0.1, 0.15) is 32.4 Å². The molecule has 4 heteroatoms. The van der Waals surface area contributed by atoms with E-state index < -0.39 is 12.1 Å². The third-order valence-corrected chi connectivity index (χ3v) is 3.03. The van der Waals surface area contributed by atoms with Crippen LogP contribution in [-0.2, 0) is 0 Å². The van der Waals surface area contributed by atoms with Crippen LogP contribution >= 0.6 is 0 Å². The van der Waals surface area contributed by atoms with Crippen LogP contribution in [0, 0.1) is 5.41 Å². The predicted molar refractivity (Wildman–Crippen MR) is 71.9 cm³/mol. The molecule has 0 aromatic heterocycles. The van der Waals surface area contributed by atoms with Crippen LogP contribution in [0.2, 0.25) is 0 Å². The highest BCUT2D eigenvalue weighted by atomic mass is 16.5. The molecule has 1 aromatic rings. The smallest absolute Gasteiger partial charge is 0.127 e. The molecule has 0 saturated carbocycles. The summed E-state index contributed by atoms with van der Waals surface area (Å²) in [7, 11) is 3.16. The minimum Gasteiger partial charge on any atom is -0.496 e. The highest BCUT2D eigenvalue weighted by molar-refractivity contribution is 5.47. The molecular formula is C14H23NO3. The van der Waals surface area contributed by atoms with E-state index in [4.69, 9.17) is 15.2 Å². The summed E-state index contributed by atoms with van der Waals surface area (Å²) in [6, 6.07) is 4.90. The van der Waals surface area contributed by atoms with Gasteiger partial charge in [-0.05, 0) is 17.5 Å². The van der Waals surface area contributed by atoms with Gasteiger partial charge >= 0.3 is 0 Å².